The lowest BCUT2D eigenvalue weighted by Crippen LogP contribution is -2.62. The summed E-state index contributed by atoms with van der Waals surface area (Å²) < 4.78 is 6.68. The minimum absolute atomic E-state index is 0.0554. The quantitative estimate of drug-likeness (QED) is 0.559. The fourth-order valence-corrected chi connectivity index (χ4v) is 6.52. The van der Waals surface area contributed by atoms with Crippen LogP contribution >= 0.6 is 0 Å². The van der Waals surface area contributed by atoms with Gasteiger partial charge in [0.25, 0.3) is 0 Å². The molecule has 1 nitrogen and oxygen atoms in total. The van der Waals surface area contributed by atoms with Crippen molar-refractivity contribution in [3.8, 4) is 0 Å². The number of rotatable bonds is 1. The molecule has 3 rings (SSSR count). The Morgan fingerprint density at radius 2 is 1.57 bits per heavy atom. The molecule has 1 heteroatoms. The average molecular weight is 290 g/mol. The summed E-state index contributed by atoms with van der Waals surface area (Å²) in [5, 5.41) is 0. The largest absolute Gasteiger partial charge is 0.365 e. The summed E-state index contributed by atoms with van der Waals surface area (Å²) >= 11 is 0. The van der Waals surface area contributed by atoms with E-state index in [0.29, 0.717) is 10.8 Å². The molecule has 0 aromatic carbocycles. The van der Waals surface area contributed by atoms with Crippen LogP contribution in [0.15, 0.2) is 12.7 Å². The number of ether oxygens (including phenoxy) is 1. The minimum Gasteiger partial charge on any atom is -0.365 e. The van der Waals surface area contributed by atoms with Gasteiger partial charge in [-0.15, -0.1) is 6.58 Å². The topological polar surface area (TPSA) is 9.23 Å². The third-order valence-corrected chi connectivity index (χ3v) is 7.57. The van der Waals surface area contributed by atoms with Gasteiger partial charge in [0.1, 0.15) is 0 Å². The Balaban J connectivity index is 1.94. The summed E-state index contributed by atoms with van der Waals surface area (Å²) in [6.45, 7) is 16.2. The summed E-state index contributed by atoms with van der Waals surface area (Å²) in [7, 11) is 0. The zero-order chi connectivity index (χ0) is 15.5. The van der Waals surface area contributed by atoms with Crippen LogP contribution in [0.3, 0.4) is 0 Å². The summed E-state index contributed by atoms with van der Waals surface area (Å²) in [6, 6.07) is 0. The highest BCUT2D eigenvalue weighted by Crippen LogP contribution is 2.65. The summed E-state index contributed by atoms with van der Waals surface area (Å²) in [6.07, 6.45) is 11.2. The Kier molecular flexibility index (Phi) is 3.41. The first-order valence-electron chi connectivity index (χ1n) is 8.99. The van der Waals surface area contributed by atoms with Gasteiger partial charge >= 0.3 is 0 Å². The van der Waals surface area contributed by atoms with Gasteiger partial charge in [-0.2, -0.15) is 0 Å². The molecule has 2 aliphatic carbocycles. The zero-order valence-corrected chi connectivity index (χ0v) is 14.8. The molecular weight excluding hydrogens is 256 g/mol. The smallest absolute Gasteiger partial charge is 0.0839 e. The van der Waals surface area contributed by atoms with Crippen molar-refractivity contribution >= 4 is 0 Å². The van der Waals surface area contributed by atoms with E-state index in [1.54, 1.807) is 0 Å². The predicted octanol–water partition coefficient (Wildman–Crippen LogP) is 5.74. The van der Waals surface area contributed by atoms with Crippen molar-refractivity contribution in [2.24, 2.45) is 22.7 Å². The second kappa shape index (κ2) is 4.60. The lowest BCUT2D eigenvalue weighted by atomic mass is 9.44. The molecule has 1 saturated heterocycles. The third-order valence-electron chi connectivity index (χ3n) is 7.57. The molecule has 0 amide bonds. The number of fused-ring (bicyclic) bond motifs is 3. The van der Waals surface area contributed by atoms with E-state index in [1.165, 1.54) is 38.5 Å². The number of hydrogen-bond acceptors (Lipinski definition) is 1. The van der Waals surface area contributed by atoms with E-state index < -0.39 is 0 Å². The highest BCUT2D eigenvalue weighted by atomic mass is 16.5. The van der Waals surface area contributed by atoms with E-state index in [-0.39, 0.29) is 11.2 Å². The predicted molar refractivity (Wildman–Crippen MR) is 89.3 cm³/mol. The Morgan fingerprint density at radius 1 is 0.905 bits per heavy atom. The third kappa shape index (κ3) is 2.22. The van der Waals surface area contributed by atoms with E-state index in [9.17, 15) is 0 Å². The van der Waals surface area contributed by atoms with Crippen LogP contribution in [0.2, 0.25) is 0 Å². The lowest BCUT2D eigenvalue weighted by Gasteiger charge is -2.65. The van der Waals surface area contributed by atoms with Crippen molar-refractivity contribution in [3.63, 3.8) is 0 Å². The van der Waals surface area contributed by atoms with E-state index in [1.807, 2.05) is 6.08 Å². The SMILES string of the molecule is C=C[C@@]1(C)CC[C@H]2[C@@]3(C)CCCC(C)(C)[C@H]3CC[C@]2(C)O1. The van der Waals surface area contributed by atoms with Crippen molar-refractivity contribution in [2.45, 2.75) is 90.8 Å². The second-order valence-corrected chi connectivity index (χ2v) is 9.46. The van der Waals surface area contributed by atoms with E-state index in [0.717, 1.165) is 18.3 Å². The molecule has 2 saturated carbocycles. The molecular formula is C20H34O. The lowest BCUT2D eigenvalue weighted by molar-refractivity contribution is -0.252. The summed E-state index contributed by atoms with van der Waals surface area (Å²) in [5.74, 6) is 1.59. The Morgan fingerprint density at radius 3 is 2.24 bits per heavy atom. The van der Waals surface area contributed by atoms with Gasteiger partial charge in [-0.3, -0.25) is 0 Å². The second-order valence-electron chi connectivity index (χ2n) is 9.46. The van der Waals surface area contributed by atoms with Crippen molar-refractivity contribution in [1.29, 1.82) is 0 Å². The standard InChI is InChI=1S/C20H34O/c1-7-18(4)13-9-16-19(5)12-8-11-17(2,3)15(19)10-14-20(16,6)21-18/h7,15-16H,1,8-14H2,2-6H3/t15-,16+,18+,19+,20+/m1/s1. The first-order chi connectivity index (χ1) is 9.65. The van der Waals surface area contributed by atoms with Crippen LogP contribution in [0, 0.1) is 22.7 Å². The van der Waals surface area contributed by atoms with Crippen molar-refractivity contribution in [3.05, 3.63) is 12.7 Å². The van der Waals surface area contributed by atoms with Gasteiger partial charge in [0.2, 0.25) is 0 Å². The summed E-state index contributed by atoms with van der Waals surface area (Å²) in [5.41, 5.74) is 0.920. The first-order valence-corrected chi connectivity index (χ1v) is 8.99. The number of hydrogen-bond donors (Lipinski definition) is 0. The molecule has 0 radical (unpaired) electrons. The molecule has 0 aromatic rings. The van der Waals surface area contributed by atoms with E-state index in [2.05, 4.69) is 41.2 Å². The van der Waals surface area contributed by atoms with Crippen LogP contribution < -0.4 is 0 Å². The van der Waals surface area contributed by atoms with E-state index in [4.69, 9.17) is 4.74 Å². The zero-order valence-electron chi connectivity index (χ0n) is 14.8. The fraction of sp³-hybridized carbons (Fsp3) is 0.900. The Bertz CT molecular complexity index is 439. The molecule has 3 aliphatic rings. The van der Waals surface area contributed by atoms with Gasteiger partial charge in [-0.1, -0.05) is 33.3 Å². The average Bonchev–Trinajstić information content (AvgIpc) is 2.36. The van der Waals surface area contributed by atoms with Crippen LogP contribution in [-0.4, -0.2) is 11.2 Å². The van der Waals surface area contributed by atoms with Gasteiger partial charge in [0.15, 0.2) is 0 Å². The molecule has 1 aliphatic heterocycles. The van der Waals surface area contributed by atoms with Crippen LogP contribution in [0.5, 0.6) is 0 Å². The maximum Gasteiger partial charge on any atom is 0.0839 e. The molecule has 0 bridgehead atoms. The van der Waals surface area contributed by atoms with Crippen molar-refractivity contribution in [1.82, 2.24) is 0 Å². The van der Waals surface area contributed by atoms with Crippen LogP contribution in [-0.2, 0) is 4.74 Å². The maximum absolute atomic E-state index is 6.68. The Labute approximate surface area is 131 Å². The molecule has 1 heterocycles. The normalized spacial score (nSPS) is 52.6. The maximum atomic E-state index is 6.68. The van der Waals surface area contributed by atoms with Crippen LogP contribution in [0.4, 0.5) is 0 Å². The molecule has 0 aromatic heterocycles. The first kappa shape index (κ1) is 15.6. The summed E-state index contributed by atoms with van der Waals surface area (Å²) in [4.78, 5) is 0. The van der Waals surface area contributed by atoms with Crippen molar-refractivity contribution in [2.75, 3.05) is 0 Å². The molecule has 3 fully saturated rings. The fourth-order valence-electron chi connectivity index (χ4n) is 6.52. The van der Waals surface area contributed by atoms with Crippen LogP contribution in [0.1, 0.15) is 79.6 Å². The highest BCUT2D eigenvalue weighted by molar-refractivity contribution is 5.12. The minimum atomic E-state index is -0.112. The molecule has 0 spiro atoms. The molecule has 5 atom stereocenters. The van der Waals surface area contributed by atoms with Crippen molar-refractivity contribution < 1.29 is 4.74 Å². The molecule has 0 N–H and O–H groups in total. The molecule has 120 valence electrons. The van der Waals surface area contributed by atoms with Gasteiger partial charge < -0.3 is 4.74 Å². The molecule has 0 unspecified atom stereocenters. The van der Waals surface area contributed by atoms with Gasteiger partial charge in [0, 0.05) is 0 Å². The monoisotopic (exact) mass is 290 g/mol. The highest BCUT2D eigenvalue weighted by Gasteiger charge is 2.61. The van der Waals surface area contributed by atoms with E-state index >= 15 is 0 Å². The van der Waals surface area contributed by atoms with Gasteiger partial charge in [-0.25, -0.2) is 0 Å². The Hall–Kier alpha value is -0.300. The van der Waals surface area contributed by atoms with Crippen LogP contribution in [0.25, 0.3) is 0 Å². The van der Waals surface area contributed by atoms with Gasteiger partial charge in [-0.05, 0) is 75.0 Å². The van der Waals surface area contributed by atoms with Gasteiger partial charge in [0.05, 0.1) is 11.2 Å². The molecule has 21 heavy (non-hydrogen) atoms.